The number of hydrogen-bond donors (Lipinski definition) is 2. The van der Waals surface area contributed by atoms with E-state index in [1.54, 1.807) is 14.2 Å². The summed E-state index contributed by atoms with van der Waals surface area (Å²) in [7, 11) is 3.40. The molecule has 3 unspecified atom stereocenters. The van der Waals surface area contributed by atoms with Crippen molar-refractivity contribution in [2.75, 3.05) is 33.9 Å². The monoisotopic (exact) mass is 273 g/mol. The number of nitrogens with zero attached hydrogens (tertiary/aromatic N) is 1. The van der Waals surface area contributed by atoms with E-state index >= 15 is 0 Å². The number of methoxy groups -OCH3 is 2. The van der Waals surface area contributed by atoms with Gasteiger partial charge in [0.1, 0.15) is 0 Å². The van der Waals surface area contributed by atoms with E-state index in [4.69, 9.17) is 15.2 Å². The fourth-order valence-electron chi connectivity index (χ4n) is 2.48. The van der Waals surface area contributed by atoms with Crippen molar-refractivity contribution in [2.45, 2.75) is 44.6 Å². The summed E-state index contributed by atoms with van der Waals surface area (Å²) in [6.45, 7) is 6.50. The molecule has 0 aromatic heterocycles. The maximum atomic E-state index is 11.4. The maximum Gasteiger partial charge on any atom is 0.234 e. The number of carbonyl (C=O) groups excluding carboxylic acids is 1. The van der Waals surface area contributed by atoms with Gasteiger partial charge in [-0.25, -0.2) is 0 Å². The second kappa shape index (κ2) is 7.79. The summed E-state index contributed by atoms with van der Waals surface area (Å²) in [5.41, 5.74) is 5.41. The van der Waals surface area contributed by atoms with Crippen LogP contribution in [-0.4, -0.2) is 69.0 Å². The Morgan fingerprint density at radius 1 is 1.32 bits per heavy atom. The van der Waals surface area contributed by atoms with Crippen LogP contribution in [0, 0.1) is 0 Å². The van der Waals surface area contributed by atoms with Gasteiger partial charge in [-0.3, -0.25) is 9.69 Å². The van der Waals surface area contributed by atoms with E-state index in [2.05, 4.69) is 10.2 Å². The second-order valence-electron chi connectivity index (χ2n) is 5.37. The summed E-state index contributed by atoms with van der Waals surface area (Å²) in [4.78, 5) is 13.6. The topological polar surface area (TPSA) is 76.8 Å². The molecular weight excluding hydrogens is 246 g/mol. The first-order chi connectivity index (χ1) is 8.97. The van der Waals surface area contributed by atoms with Crippen molar-refractivity contribution in [2.24, 2.45) is 5.73 Å². The number of likely N-dealkylation sites (tertiary alicyclic amines) is 1. The number of carbonyl (C=O) groups is 1. The molecule has 0 saturated carbocycles. The van der Waals surface area contributed by atoms with Crippen molar-refractivity contribution in [3.05, 3.63) is 0 Å². The van der Waals surface area contributed by atoms with Crippen LogP contribution in [0.1, 0.15) is 20.3 Å². The highest BCUT2D eigenvalue weighted by Gasteiger charge is 2.33. The summed E-state index contributed by atoms with van der Waals surface area (Å²) in [5.74, 6) is -0.292. The summed E-state index contributed by atoms with van der Waals surface area (Å²) < 4.78 is 10.8. The number of hydrogen-bond acceptors (Lipinski definition) is 5. The fourth-order valence-corrected chi connectivity index (χ4v) is 2.48. The zero-order valence-electron chi connectivity index (χ0n) is 12.4. The molecule has 1 saturated heterocycles. The molecule has 0 radical (unpaired) electrons. The lowest BCUT2D eigenvalue weighted by molar-refractivity contribution is -0.120. The number of nitrogens with two attached hydrogens (primary N) is 1. The fraction of sp³-hybridized carbons (Fsp3) is 0.923. The van der Waals surface area contributed by atoms with Crippen LogP contribution in [0.15, 0.2) is 0 Å². The standard InChI is InChI=1S/C13H27N3O3/c1-9(2)15-10(13(14)17)5-6-16-7-11(18-3)12(8-16)19-4/h9-12,15H,5-8H2,1-4H3,(H2,14,17). The first kappa shape index (κ1) is 16.4. The van der Waals surface area contributed by atoms with E-state index in [1.807, 2.05) is 13.8 Å². The Bertz CT molecular complexity index is 274. The SMILES string of the molecule is COC1CN(CCC(NC(C)C)C(N)=O)CC1OC. The molecule has 1 heterocycles. The lowest BCUT2D eigenvalue weighted by Crippen LogP contribution is -2.46. The lowest BCUT2D eigenvalue weighted by atomic mass is 10.1. The van der Waals surface area contributed by atoms with Crippen LogP contribution in [0.25, 0.3) is 0 Å². The zero-order chi connectivity index (χ0) is 14.4. The molecule has 0 aromatic carbocycles. The second-order valence-corrected chi connectivity index (χ2v) is 5.37. The number of primary amides is 1. The van der Waals surface area contributed by atoms with Gasteiger partial charge in [-0.1, -0.05) is 13.8 Å². The highest BCUT2D eigenvalue weighted by atomic mass is 16.5. The van der Waals surface area contributed by atoms with Crippen molar-refractivity contribution in [3.63, 3.8) is 0 Å². The number of nitrogens with one attached hydrogen (secondary N) is 1. The molecule has 0 aliphatic carbocycles. The smallest absolute Gasteiger partial charge is 0.234 e. The molecule has 0 spiro atoms. The van der Waals surface area contributed by atoms with E-state index in [1.165, 1.54) is 0 Å². The van der Waals surface area contributed by atoms with Crippen LogP contribution >= 0.6 is 0 Å². The van der Waals surface area contributed by atoms with Crippen LogP contribution in [0.3, 0.4) is 0 Å². The molecule has 1 aliphatic rings. The van der Waals surface area contributed by atoms with Gasteiger partial charge >= 0.3 is 0 Å². The van der Waals surface area contributed by atoms with Crippen molar-refractivity contribution < 1.29 is 14.3 Å². The van der Waals surface area contributed by atoms with Gasteiger partial charge in [0.2, 0.25) is 5.91 Å². The Kier molecular flexibility index (Phi) is 6.71. The van der Waals surface area contributed by atoms with Crippen molar-refractivity contribution in [1.82, 2.24) is 10.2 Å². The predicted molar refractivity (Wildman–Crippen MR) is 73.9 cm³/mol. The van der Waals surface area contributed by atoms with Gasteiger partial charge < -0.3 is 20.5 Å². The Morgan fingerprint density at radius 3 is 2.21 bits per heavy atom. The average molecular weight is 273 g/mol. The van der Waals surface area contributed by atoms with Gasteiger partial charge in [0.05, 0.1) is 18.2 Å². The zero-order valence-corrected chi connectivity index (χ0v) is 12.4. The molecule has 1 aliphatic heterocycles. The van der Waals surface area contributed by atoms with Crippen LogP contribution in [-0.2, 0) is 14.3 Å². The van der Waals surface area contributed by atoms with E-state index in [-0.39, 0.29) is 30.2 Å². The molecule has 19 heavy (non-hydrogen) atoms. The van der Waals surface area contributed by atoms with Crippen molar-refractivity contribution in [1.29, 1.82) is 0 Å². The van der Waals surface area contributed by atoms with Gasteiger partial charge in [-0.2, -0.15) is 0 Å². The molecular formula is C13H27N3O3. The third-order valence-corrected chi connectivity index (χ3v) is 3.51. The third-order valence-electron chi connectivity index (χ3n) is 3.51. The van der Waals surface area contributed by atoms with Gasteiger partial charge in [0.25, 0.3) is 0 Å². The predicted octanol–water partition coefficient (Wildman–Crippen LogP) is -0.426. The Balaban J connectivity index is 2.41. The normalized spacial score (nSPS) is 25.9. The van der Waals surface area contributed by atoms with Gasteiger partial charge in [0, 0.05) is 39.9 Å². The minimum atomic E-state index is -0.292. The molecule has 112 valence electrons. The number of rotatable bonds is 8. The Labute approximate surface area is 115 Å². The summed E-state index contributed by atoms with van der Waals surface area (Å²) in [6.07, 6.45) is 0.922. The van der Waals surface area contributed by atoms with E-state index < -0.39 is 0 Å². The highest BCUT2D eigenvalue weighted by molar-refractivity contribution is 5.79. The molecule has 3 N–H and O–H groups in total. The van der Waals surface area contributed by atoms with E-state index in [0.717, 1.165) is 19.6 Å². The molecule has 0 aromatic rings. The molecule has 3 atom stereocenters. The van der Waals surface area contributed by atoms with E-state index in [9.17, 15) is 4.79 Å². The average Bonchev–Trinajstić information content (AvgIpc) is 2.76. The largest absolute Gasteiger partial charge is 0.377 e. The minimum absolute atomic E-state index is 0.107. The maximum absolute atomic E-state index is 11.4. The van der Waals surface area contributed by atoms with Crippen LogP contribution in [0.4, 0.5) is 0 Å². The molecule has 6 heteroatoms. The Morgan fingerprint density at radius 2 is 1.84 bits per heavy atom. The van der Waals surface area contributed by atoms with Gasteiger partial charge in [0.15, 0.2) is 0 Å². The van der Waals surface area contributed by atoms with Crippen LogP contribution in [0.2, 0.25) is 0 Å². The number of amides is 1. The molecule has 1 fully saturated rings. The van der Waals surface area contributed by atoms with Crippen molar-refractivity contribution in [3.8, 4) is 0 Å². The summed E-state index contributed by atoms with van der Waals surface area (Å²) >= 11 is 0. The number of ether oxygens (including phenoxy) is 2. The van der Waals surface area contributed by atoms with Gasteiger partial charge in [-0.05, 0) is 6.42 Å². The summed E-state index contributed by atoms with van der Waals surface area (Å²) in [5, 5.41) is 3.19. The Hall–Kier alpha value is -0.690. The molecule has 6 nitrogen and oxygen atoms in total. The first-order valence-electron chi connectivity index (χ1n) is 6.81. The van der Waals surface area contributed by atoms with Crippen molar-refractivity contribution >= 4 is 5.91 Å². The molecule has 0 bridgehead atoms. The van der Waals surface area contributed by atoms with Crippen LogP contribution in [0.5, 0.6) is 0 Å². The first-order valence-corrected chi connectivity index (χ1v) is 6.81. The van der Waals surface area contributed by atoms with Gasteiger partial charge in [-0.15, -0.1) is 0 Å². The van der Waals surface area contributed by atoms with E-state index in [0.29, 0.717) is 6.42 Å². The third kappa shape index (κ3) is 5.06. The minimum Gasteiger partial charge on any atom is -0.377 e. The van der Waals surface area contributed by atoms with Crippen LogP contribution < -0.4 is 11.1 Å². The summed E-state index contributed by atoms with van der Waals surface area (Å²) in [6, 6.07) is -0.0304. The molecule has 1 rings (SSSR count). The highest BCUT2D eigenvalue weighted by Crippen LogP contribution is 2.16. The lowest BCUT2D eigenvalue weighted by Gasteiger charge is -2.21. The quantitative estimate of drug-likeness (QED) is 0.628. The molecule has 1 amide bonds.